The molecule has 1 aliphatic rings. The van der Waals surface area contributed by atoms with Gasteiger partial charge in [-0.05, 0) is 43.3 Å². The van der Waals surface area contributed by atoms with Gasteiger partial charge in [-0.15, -0.1) is 0 Å². The van der Waals surface area contributed by atoms with Gasteiger partial charge in [0.1, 0.15) is 16.7 Å². The fourth-order valence-electron chi connectivity index (χ4n) is 4.98. The molecule has 0 aliphatic carbocycles. The van der Waals surface area contributed by atoms with Crippen LogP contribution in [0.2, 0.25) is 0 Å². The second-order valence-electron chi connectivity index (χ2n) is 9.97. The van der Waals surface area contributed by atoms with E-state index in [1.165, 1.54) is 6.07 Å². The fourth-order valence-corrected chi connectivity index (χ4v) is 4.98. The number of piperazine rings is 1. The molecule has 0 spiro atoms. The van der Waals surface area contributed by atoms with Crippen molar-refractivity contribution in [3.8, 4) is 22.6 Å². The van der Waals surface area contributed by atoms with Crippen molar-refractivity contribution in [1.82, 2.24) is 35.0 Å². The maximum Gasteiger partial charge on any atom is 0.224 e. The molecule has 1 amide bonds. The van der Waals surface area contributed by atoms with Crippen molar-refractivity contribution in [2.45, 2.75) is 26.2 Å². The fraction of sp³-hybridized carbons (Fsp3) is 0.321. The number of pyridine rings is 2. The number of hydrogen-bond acceptors (Lipinski definition) is 7. The van der Waals surface area contributed by atoms with Crippen LogP contribution in [-0.4, -0.2) is 74.2 Å². The normalized spacial score (nSPS) is 14.4. The van der Waals surface area contributed by atoms with Crippen LogP contribution in [0.5, 0.6) is 0 Å². The smallest absolute Gasteiger partial charge is 0.224 e. The van der Waals surface area contributed by atoms with Gasteiger partial charge in [-0.25, -0.2) is 14.4 Å². The number of benzene rings is 1. The molecule has 0 saturated carbocycles. The Balaban J connectivity index is 1.36. The van der Waals surface area contributed by atoms with Crippen molar-refractivity contribution in [3.63, 3.8) is 0 Å². The molecule has 3 N–H and O–H groups in total. The predicted molar refractivity (Wildman–Crippen MR) is 150 cm³/mol. The minimum Gasteiger partial charge on any atom is -0.367 e. The quantitative estimate of drug-likeness (QED) is 0.283. The topological polar surface area (TPSA) is 119 Å². The van der Waals surface area contributed by atoms with E-state index < -0.39 is 5.82 Å². The van der Waals surface area contributed by atoms with Crippen LogP contribution in [0.1, 0.15) is 26.2 Å². The molecule has 5 heterocycles. The maximum absolute atomic E-state index is 15.2. The number of carbonyl (C=O) groups excluding carboxylic acids is 1. The maximum atomic E-state index is 15.2. The molecule has 11 heteroatoms. The Labute approximate surface area is 224 Å². The summed E-state index contributed by atoms with van der Waals surface area (Å²) in [5.74, 6) is 0.00642. The minimum atomic E-state index is -0.463. The van der Waals surface area contributed by atoms with Gasteiger partial charge in [-0.1, -0.05) is 13.3 Å². The van der Waals surface area contributed by atoms with E-state index in [1.54, 1.807) is 24.7 Å². The molecule has 39 heavy (non-hydrogen) atoms. The highest BCUT2D eigenvalue weighted by atomic mass is 19.1. The summed E-state index contributed by atoms with van der Waals surface area (Å²) >= 11 is 0. The van der Waals surface area contributed by atoms with Crippen LogP contribution in [0.25, 0.3) is 44.7 Å². The molecule has 10 nitrogen and oxygen atoms in total. The predicted octanol–water partition coefficient (Wildman–Crippen LogP) is 4.58. The molecule has 4 aromatic heterocycles. The van der Waals surface area contributed by atoms with Crippen LogP contribution in [0.4, 0.5) is 15.8 Å². The highest BCUT2D eigenvalue weighted by Gasteiger charge is 2.21. The summed E-state index contributed by atoms with van der Waals surface area (Å²) in [5, 5.41) is 10.7. The number of hydrogen-bond donors (Lipinski definition) is 3. The molecule has 0 atom stereocenters. The lowest BCUT2D eigenvalue weighted by molar-refractivity contribution is -0.116. The number of nitrogens with zero attached hydrogens (tertiary/aromatic N) is 6. The van der Waals surface area contributed by atoms with Crippen molar-refractivity contribution in [1.29, 1.82) is 0 Å². The summed E-state index contributed by atoms with van der Waals surface area (Å²) < 4.78 is 15.2. The third-order valence-electron chi connectivity index (χ3n) is 7.18. The highest BCUT2D eigenvalue weighted by Crippen LogP contribution is 2.34. The monoisotopic (exact) mass is 527 g/mol. The third-order valence-corrected chi connectivity index (χ3v) is 7.18. The largest absolute Gasteiger partial charge is 0.367 e. The van der Waals surface area contributed by atoms with Crippen LogP contribution < -0.4 is 10.2 Å². The summed E-state index contributed by atoms with van der Waals surface area (Å²) in [7, 11) is 2.13. The van der Waals surface area contributed by atoms with Gasteiger partial charge < -0.3 is 20.1 Å². The molecular weight excluding hydrogens is 497 g/mol. The molecular formula is C28H30FN9O. The molecule has 1 aromatic carbocycles. The number of likely N-dealkylation sites (N-methyl/N-ethyl adjacent to an activating group) is 1. The van der Waals surface area contributed by atoms with Crippen molar-refractivity contribution < 1.29 is 9.18 Å². The Kier molecular flexibility index (Phi) is 6.65. The van der Waals surface area contributed by atoms with E-state index in [0.717, 1.165) is 50.2 Å². The first-order valence-corrected chi connectivity index (χ1v) is 13.2. The number of halogens is 1. The number of fused-ring (bicyclic) bond motifs is 2. The summed E-state index contributed by atoms with van der Waals surface area (Å²) in [5.41, 5.74) is 5.15. The van der Waals surface area contributed by atoms with Crippen molar-refractivity contribution in [2.75, 3.05) is 43.4 Å². The molecule has 1 aliphatic heterocycles. The van der Waals surface area contributed by atoms with Gasteiger partial charge >= 0.3 is 0 Å². The number of unbranched alkanes of at least 4 members (excludes halogenated alkanes) is 1. The van der Waals surface area contributed by atoms with Crippen LogP contribution in [0, 0.1) is 5.82 Å². The first-order valence-electron chi connectivity index (χ1n) is 13.2. The Morgan fingerprint density at radius 2 is 1.97 bits per heavy atom. The first-order chi connectivity index (χ1) is 19.0. The second-order valence-corrected chi connectivity index (χ2v) is 9.97. The third kappa shape index (κ3) is 4.92. The van der Waals surface area contributed by atoms with Gasteiger partial charge in [-0.3, -0.25) is 14.9 Å². The summed E-state index contributed by atoms with van der Waals surface area (Å²) in [6.45, 7) is 5.83. The molecule has 0 bridgehead atoms. The molecule has 1 saturated heterocycles. The Morgan fingerprint density at radius 1 is 1.13 bits per heavy atom. The standard InChI is InChI=1S/C28H30FN9O/c1-3-4-5-23(39)32-19-12-18(15-30-16-19)17-13-20-24(21(29)14-17)35-36-25(20)28-33-26-22(6-7-31-27(26)34-28)38-10-8-37(2)9-11-38/h6-7,12-16H,3-5,8-11H2,1-2H3,(H,32,39)(H,35,36)(H,31,33,34). The summed E-state index contributed by atoms with van der Waals surface area (Å²) in [6.07, 6.45) is 7.21. The number of anilines is 2. The number of rotatable bonds is 7. The first kappa shape index (κ1) is 24.9. The SMILES string of the molecule is CCCCC(=O)Nc1cncc(-c2cc(F)c3n[nH]c(-c4nc5nccc(N6CCN(C)CC6)c5[nH]4)c3c2)c1. The van der Waals surface area contributed by atoms with Crippen molar-refractivity contribution in [2.24, 2.45) is 0 Å². The molecule has 5 aromatic rings. The van der Waals surface area contributed by atoms with E-state index >= 15 is 4.39 Å². The average molecular weight is 528 g/mol. The molecule has 6 rings (SSSR count). The number of amides is 1. The Hall–Kier alpha value is -4.38. The highest BCUT2D eigenvalue weighted by molar-refractivity contribution is 5.97. The van der Waals surface area contributed by atoms with E-state index in [-0.39, 0.29) is 11.4 Å². The van der Waals surface area contributed by atoms with E-state index in [9.17, 15) is 4.79 Å². The van der Waals surface area contributed by atoms with Gasteiger partial charge in [0.05, 0.1) is 17.6 Å². The zero-order chi connectivity index (χ0) is 26.9. The van der Waals surface area contributed by atoms with Gasteiger partial charge in [0, 0.05) is 55.9 Å². The number of aromatic amines is 2. The zero-order valence-corrected chi connectivity index (χ0v) is 22.0. The number of carbonyl (C=O) groups is 1. The number of nitrogens with one attached hydrogen (secondary N) is 3. The lowest BCUT2D eigenvalue weighted by Crippen LogP contribution is -2.44. The van der Waals surface area contributed by atoms with Gasteiger partial charge in [0.25, 0.3) is 0 Å². The average Bonchev–Trinajstić information content (AvgIpc) is 3.57. The molecule has 200 valence electrons. The molecule has 1 fully saturated rings. The van der Waals surface area contributed by atoms with Gasteiger partial charge in [-0.2, -0.15) is 5.10 Å². The van der Waals surface area contributed by atoms with Gasteiger partial charge in [0.2, 0.25) is 5.91 Å². The number of aromatic nitrogens is 6. The van der Waals surface area contributed by atoms with E-state index in [0.29, 0.717) is 45.8 Å². The van der Waals surface area contributed by atoms with Crippen LogP contribution in [0.15, 0.2) is 42.9 Å². The van der Waals surface area contributed by atoms with Gasteiger partial charge in [0.15, 0.2) is 17.3 Å². The van der Waals surface area contributed by atoms with E-state index in [1.807, 2.05) is 19.1 Å². The van der Waals surface area contributed by atoms with Crippen LogP contribution in [0.3, 0.4) is 0 Å². The van der Waals surface area contributed by atoms with Crippen LogP contribution >= 0.6 is 0 Å². The van der Waals surface area contributed by atoms with Crippen molar-refractivity contribution in [3.05, 3.63) is 48.7 Å². The zero-order valence-electron chi connectivity index (χ0n) is 22.0. The summed E-state index contributed by atoms with van der Waals surface area (Å²) in [6, 6.07) is 7.08. The number of H-pyrrole nitrogens is 2. The number of imidazole rings is 1. The van der Waals surface area contributed by atoms with E-state index in [2.05, 4.69) is 47.3 Å². The summed E-state index contributed by atoms with van der Waals surface area (Å²) in [4.78, 5) is 33.7. The molecule has 0 radical (unpaired) electrons. The Bertz CT molecular complexity index is 1650. The lowest BCUT2D eigenvalue weighted by atomic mass is 10.0. The van der Waals surface area contributed by atoms with E-state index in [4.69, 9.17) is 4.98 Å². The van der Waals surface area contributed by atoms with Crippen LogP contribution in [-0.2, 0) is 4.79 Å². The molecule has 0 unspecified atom stereocenters. The second kappa shape index (κ2) is 10.4. The van der Waals surface area contributed by atoms with Crippen molar-refractivity contribution >= 4 is 39.3 Å². The lowest BCUT2D eigenvalue weighted by Gasteiger charge is -2.34. The Morgan fingerprint density at radius 3 is 2.79 bits per heavy atom. The minimum absolute atomic E-state index is 0.0657.